The van der Waals surface area contributed by atoms with E-state index in [-0.39, 0.29) is 12.2 Å². The van der Waals surface area contributed by atoms with Crippen LogP contribution in [0.2, 0.25) is 0 Å². The summed E-state index contributed by atoms with van der Waals surface area (Å²) < 4.78 is 13.1. The number of imidazole rings is 1. The first-order chi connectivity index (χ1) is 11.1. The van der Waals surface area contributed by atoms with Crippen LogP contribution in [0.4, 0.5) is 0 Å². The first-order valence-corrected chi connectivity index (χ1v) is 7.72. The van der Waals surface area contributed by atoms with E-state index < -0.39 is 0 Å². The van der Waals surface area contributed by atoms with Crippen molar-refractivity contribution in [2.24, 2.45) is 0 Å². The fourth-order valence-corrected chi connectivity index (χ4v) is 2.50. The molecule has 0 bridgehead atoms. The molecule has 0 aliphatic carbocycles. The summed E-state index contributed by atoms with van der Waals surface area (Å²) in [6, 6.07) is 8.29. The van der Waals surface area contributed by atoms with Gasteiger partial charge in [-0.05, 0) is 32.4 Å². The van der Waals surface area contributed by atoms with E-state index in [2.05, 4.69) is 28.2 Å². The summed E-state index contributed by atoms with van der Waals surface area (Å²) >= 11 is 0. The van der Waals surface area contributed by atoms with Crippen LogP contribution < -0.4 is 4.74 Å². The summed E-state index contributed by atoms with van der Waals surface area (Å²) in [7, 11) is 1.72. The van der Waals surface area contributed by atoms with Crippen molar-refractivity contribution in [3.05, 3.63) is 48.4 Å². The molecule has 2 heterocycles. The Kier molecular flexibility index (Phi) is 4.30. The van der Waals surface area contributed by atoms with Crippen molar-refractivity contribution in [2.45, 2.75) is 33.0 Å². The normalized spacial score (nSPS) is 12.7. The number of hydrogen-bond acceptors (Lipinski definition) is 4. The predicted octanol–water partition coefficient (Wildman–Crippen LogP) is 3.89. The zero-order valence-corrected chi connectivity index (χ0v) is 13.9. The molecular formula is C18H21N3O2. The highest BCUT2D eigenvalue weighted by Gasteiger charge is 2.13. The van der Waals surface area contributed by atoms with Gasteiger partial charge < -0.3 is 9.47 Å². The van der Waals surface area contributed by atoms with Crippen LogP contribution in [0.15, 0.2) is 42.9 Å². The van der Waals surface area contributed by atoms with Crippen molar-refractivity contribution >= 4 is 5.65 Å². The molecule has 3 aromatic rings. The molecule has 5 nitrogen and oxygen atoms in total. The van der Waals surface area contributed by atoms with Crippen LogP contribution in [-0.2, 0) is 4.74 Å². The number of ether oxygens (including phenoxy) is 2. The lowest BCUT2D eigenvalue weighted by atomic mass is 10.1. The van der Waals surface area contributed by atoms with E-state index in [0.29, 0.717) is 5.88 Å². The van der Waals surface area contributed by atoms with Gasteiger partial charge in [0.2, 0.25) is 5.65 Å². The minimum Gasteiger partial charge on any atom is -0.472 e. The average Bonchev–Trinajstić information content (AvgIpc) is 2.99. The largest absolute Gasteiger partial charge is 0.472 e. The van der Waals surface area contributed by atoms with Gasteiger partial charge in [0.05, 0.1) is 24.1 Å². The Bertz CT molecular complexity index is 811. The third-order valence-electron chi connectivity index (χ3n) is 3.75. The van der Waals surface area contributed by atoms with Crippen LogP contribution in [0.25, 0.3) is 16.9 Å². The van der Waals surface area contributed by atoms with Gasteiger partial charge in [-0.1, -0.05) is 18.2 Å². The summed E-state index contributed by atoms with van der Waals surface area (Å²) in [6.45, 7) is 5.99. The van der Waals surface area contributed by atoms with Gasteiger partial charge in [-0.25, -0.2) is 9.97 Å². The second kappa shape index (κ2) is 6.38. The maximum Gasteiger partial charge on any atom is 0.258 e. The predicted molar refractivity (Wildman–Crippen MR) is 89.6 cm³/mol. The molecule has 0 aliphatic heterocycles. The van der Waals surface area contributed by atoms with E-state index in [0.717, 1.165) is 22.5 Å². The fourth-order valence-electron chi connectivity index (χ4n) is 2.50. The molecule has 120 valence electrons. The number of benzene rings is 1. The molecule has 1 unspecified atom stereocenters. The zero-order chi connectivity index (χ0) is 16.4. The van der Waals surface area contributed by atoms with Crippen LogP contribution in [0.5, 0.6) is 5.88 Å². The Morgan fingerprint density at radius 2 is 1.96 bits per heavy atom. The Balaban J connectivity index is 2.07. The summed E-state index contributed by atoms with van der Waals surface area (Å²) in [5, 5.41) is 0. The maximum absolute atomic E-state index is 5.74. The molecule has 0 radical (unpaired) electrons. The molecule has 0 amide bonds. The molecule has 0 aliphatic rings. The molecule has 0 saturated carbocycles. The van der Waals surface area contributed by atoms with Crippen LogP contribution in [0, 0.1) is 0 Å². The van der Waals surface area contributed by atoms with Crippen LogP contribution in [0.3, 0.4) is 0 Å². The summed E-state index contributed by atoms with van der Waals surface area (Å²) in [4.78, 5) is 8.77. The molecule has 23 heavy (non-hydrogen) atoms. The number of aromatic nitrogens is 3. The Morgan fingerprint density at radius 3 is 2.70 bits per heavy atom. The highest BCUT2D eigenvalue weighted by atomic mass is 16.5. The van der Waals surface area contributed by atoms with Gasteiger partial charge in [0.25, 0.3) is 5.88 Å². The van der Waals surface area contributed by atoms with Crippen molar-refractivity contribution in [3.63, 3.8) is 0 Å². The van der Waals surface area contributed by atoms with Gasteiger partial charge in [0.15, 0.2) is 0 Å². The fraction of sp³-hybridized carbons (Fsp3) is 0.333. The van der Waals surface area contributed by atoms with Crippen molar-refractivity contribution in [2.75, 3.05) is 7.11 Å². The minimum atomic E-state index is 0.0515. The Morgan fingerprint density at radius 1 is 1.13 bits per heavy atom. The summed E-state index contributed by atoms with van der Waals surface area (Å²) in [6.07, 6.45) is 5.59. The molecule has 0 N–H and O–H groups in total. The minimum absolute atomic E-state index is 0.0515. The number of hydrogen-bond donors (Lipinski definition) is 0. The quantitative estimate of drug-likeness (QED) is 0.717. The molecule has 2 aromatic heterocycles. The molecule has 5 heteroatoms. The topological polar surface area (TPSA) is 48.7 Å². The summed E-state index contributed by atoms with van der Waals surface area (Å²) in [5.41, 5.74) is 3.94. The van der Waals surface area contributed by atoms with Gasteiger partial charge in [0, 0.05) is 25.1 Å². The van der Waals surface area contributed by atoms with Gasteiger partial charge in [-0.2, -0.15) is 0 Å². The highest BCUT2D eigenvalue weighted by molar-refractivity contribution is 5.66. The number of fused-ring (bicyclic) bond motifs is 1. The molecule has 3 rings (SSSR count). The third-order valence-corrected chi connectivity index (χ3v) is 3.75. The maximum atomic E-state index is 5.74. The smallest absolute Gasteiger partial charge is 0.258 e. The van der Waals surface area contributed by atoms with Crippen molar-refractivity contribution in [1.82, 2.24) is 14.4 Å². The molecule has 0 saturated heterocycles. The van der Waals surface area contributed by atoms with E-state index in [1.807, 2.05) is 43.6 Å². The van der Waals surface area contributed by atoms with E-state index in [4.69, 9.17) is 9.47 Å². The lowest BCUT2D eigenvalue weighted by Gasteiger charge is -2.12. The number of nitrogens with zero attached hydrogens (tertiary/aromatic N) is 3. The second-order valence-electron chi connectivity index (χ2n) is 5.74. The molecular weight excluding hydrogens is 290 g/mol. The van der Waals surface area contributed by atoms with E-state index >= 15 is 0 Å². The average molecular weight is 311 g/mol. The lowest BCUT2D eigenvalue weighted by Crippen LogP contribution is -2.08. The monoisotopic (exact) mass is 311 g/mol. The van der Waals surface area contributed by atoms with Crippen molar-refractivity contribution in [1.29, 1.82) is 0 Å². The van der Waals surface area contributed by atoms with Gasteiger partial charge in [-0.3, -0.25) is 4.40 Å². The first kappa shape index (κ1) is 15.5. The zero-order valence-electron chi connectivity index (χ0n) is 13.9. The third kappa shape index (κ3) is 3.05. The number of methoxy groups -OCH3 is 1. The van der Waals surface area contributed by atoms with E-state index in [9.17, 15) is 0 Å². The highest BCUT2D eigenvalue weighted by Crippen LogP contribution is 2.27. The van der Waals surface area contributed by atoms with E-state index in [1.54, 1.807) is 13.3 Å². The number of rotatable bonds is 5. The molecule has 0 fully saturated rings. The SMILES string of the molecule is COC(C)c1cccc(-c2cnc3c(OC(C)C)nccn23)c1. The second-order valence-corrected chi connectivity index (χ2v) is 5.74. The first-order valence-electron chi connectivity index (χ1n) is 7.72. The van der Waals surface area contributed by atoms with Crippen molar-refractivity contribution in [3.8, 4) is 17.1 Å². The van der Waals surface area contributed by atoms with Crippen LogP contribution >= 0.6 is 0 Å². The molecule has 1 aromatic carbocycles. The lowest BCUT2D eigenvalue weighted by molar-refractivity contribution is 0.119. The van der Waals surface area contributed by atoms with Gasteiger partial charge in [0.1, 0.15) is 0 Å². The Labute approximate surface area is 135 Å². The van der Waals surface area contributed by atoms with Gasteiger partial charge in [-0.15, -0.1) is 0 Å². The molecule has 1 atom stereocenters. The standard InChI is InChI=1S/C18H21N3O2/c1-12(2)23-18-17-20-11-16(21(17)9-8-19-18)15-7-5-6-14(10-15)13(3)22-4/h5-13H,1-4H3. The van der Waals surface area contributed by atoms with Crippen molar-refractivity contribution < 1.29 is 9.47 Å². The van der Waals surface area contributed by atoms with Crippen LogP contribution in [-0.4, -0.2) is 27.6 Å². The van der Waals surface area contributed by atoms with Crippen LogP contribution in [0.1, 0.15) is 32.4 Å². The van der Waals surface area contributed by atoms with E-state index in [1.165, 1.54) is 0 Å². The van der Waals surface area contributed by atoms with Gasteiger partial charge >= 0.3 is 0 Å². The Hall–Kier alpha value is -2.40. The summed E-state index contributed by atoms with van der Waals surface area (Å²) in [5.74, 6) is 0.551. The molecule has 0 spiro atoms.